The van der Waals surface area contributed by atoms with Gasteiger partial charge in [0, 0.05) is 36.4 Å². The van der Waals surface area contributed by atoms with E-state index in [4.69, 9.17) is 0 Å². The van der Waals surface area contributed by atoms with Gasteiger partial charge in [-0.3, -0.25) is 0 Å². The lowest BCUT2D eigenvalue weighted by atomic mass is 10.1. The average molecular weight is 413 g/mol. The van der Waals surface area contributed by atoms with Crippen LogP contribution < -0.4 is 10.6 Å². The second-order valence-corrected chi connectivity index (χ2v) is 9.09. The molecule has 0 atom stereocenters. The Balaban J connectivity index is 1.63. The fraction of sp³-hybridized carbons (Fsp3) is 0.318. The number of aromatic nitrogens is 1. The monoisotopic (exact) mass is 412 g/mol. The standard InChI is InChI=1S/C22H28N4O2S/c1-4-23-22(24-12-11-18-15-25-20-8-6-5-7-19(18)20)26-14-17-9-10-21(16(2)13-17)29(3,27)28/h5-10,13,15,25H,4,11-12,14H2,1-3H3,(H2,23,24,26). The molecule has 0 aliphatic carbocycles. The Kier molecular flexibility index (Phi) is 6.59. The van der Waals surface area contributed by atoms with E-state index in [-0.39, 0.29) is 0 Å². The van der Waals surface area contributed by atoms with Gasteiger partial charge in [0.05, 0.1) is 11.4 Å². The van der Waals surface area contributed by atoms with Gasteiger partial charge in [0.25, 0.3) is 0 Å². The summed E-state index contributed by atoms with van der Waals surface area (Å²) in [6.07, 6.45) is 4.17. The molecule has 3 N–H and O–H groups in total. The van der Waals surface area contributed by atoms with Crippen molar-refractivity contribution in [1.29, 1.82) is 0 Å². The maximum absolute atomic E-state index is 11.8. The maximum Gasteiger partial charge on any atom is 0.191 e. The van der Waals surface area contributed by atoms with Crippen LogP contribution in [-0.4, -0.2) is 38.7 Å². The van der Waals surface area contributed by atoms with E-state index >= 15 is 0 Å². The molecular weight excluding hydrogens is 384 g/mol. The first-order chi connectivity index (χ1) is 13.9. The zero-order valence-electron chi connectivity index (χ0n) is 17.1. The molecule has 0 aliphatic heterocycles. The molecule has 0 spiro atoms. The molecule has 154 valence electrons. The van der Waals surface area contributed by atoms with Crippen LogP contribution in [0.4, 0.5) is 0 Å². The zero-order valence-corrected chi connectivity index (χ0v) is 17.9. The molecule has 0 saturated carbocycles. The quantitative estimate of drug-likeness (QED) is 0.411. The van der Waals surface area contributed by atoms with Crippen LogP contribution >= 0.6 is 0 Å². The van der Waals surface area contributed by atoms with Crippen LogP contribution in [0.3, 0.4) is 0 Å². The van der Waals surface area contributed by atoms with E-state index in [9.17, 15) is 8.42 Å². The Labute approximate surface area is 172 Å². The highest BCUT2D eigenvalue weighted by Crippen LogP contribution is 2.18. The topological polar surface area (TPSA) is 86.3 Å². The van der Waals surface area contributed by atoms with Crippen molar-refractivity contribution in [3.8, 4) is 0 Å². The Hall–Kier alpha value is -2.80. The van der Waals surface area contributed by atoms with Gasteiger partial charge < -0.3 is 15.6 Å². The van der Waals surface area contributed by atoms with Crippen molar-refractivity contribution in [2.75, 3.05) is 19.3 Å². The highest BCUT2D eigenvalue weighted by molar-refractivity contribution is 7.90. The summed E-state index contributed by atoms with van der Waals surface area (Å²) in [5.41, 5.74) is 4.15. The van der Waals surface area contributed by atoms with Crippen molar-refractivity contribution < 1.29 is 8.42 Å². The number of rotatable bonds is 7. The van der Waals surface area contributed by atoms with E-state index in [1.54, 1.807) is 6.07 Å². The first kappa shape index (κ1) is 20.9. The summed E-state index contributed by atoms with van der Waals surface area (Å²) >= 11 is 0. The van der Waals surface area contributed by atoms with Crippen molar-refractivity contribution in [3.63, 3.8) is 0 Å². The highest BCUT2D eigenvalue weighted by atomic mass is 32.2. The van der Waals surface area contributed by atoms with Gasteiger partial charge in [-0.25, -0.2) is 13.4 Å². The van der Waals surface area contributed by atoms with Crippen molar-refractivity contribution in [2.45, 2.75) is 31.7 Å². The fourth-order valence-corrected chi connectivity index (χ4v) is 4.35. The minimum Gasteiger partial charge on any atom is -0.361 e. The molecule has 1 aromatic heterocycles. The molecular formula is C22H28N4O2S. The van der Waals surface area contributed by atoms with Crippen molar-refractivity contribution >= 4 is 26.7 Å². The summed E-state index contributed by atoms with van der Waals surface area (Å²) < 4.78 is 23.5. The number of fused-ring (bicyclic) bond motifs is 1. The number of benzene rings is 2. The number of nitrogens with zero attached hydrogens (tertiary/aromatic N) is 1. The van der Waals surface area contributed by atoms with Crippen LogP contribution in [-0.2, 0) is 22.8 Å². The molecule has 0 saturated heterocycles. The lowest BCUT2D eigenvalue weighted by Crippen LogP contribution is -2.38. The van der Waals surface area contributed by atoms with E-state index in [0.29, 0.717) is 11.4 Å². The average Bonchev–Trinajstić information content (AvgIpc) is 3.08. The molecule has 0 amide bonds. The molecule has 0 radical (unpaired) electrons. The molecule has 7 heteroatoms. The van der Waals surface area contributed by atoms with Crippen molar-refractivity contribution in [1.82, 2.24) is 15.6 Å². The van der Waals surface area contributed by atoms with E-state index in [0.717, 1.165) is 42.1 Å². The van der Waals surface area contributed by atoms with E-state index in [1.807, 2.05) is 32.0 Å². The van der Waals surface area contributed by atoms with Gasteiger partial charge >= 0.3 is 0 Å². The smallest absolute Gasteiger partial charge is 0.191 e. The summed E-state index contributed by atoms with van der Waals surface area (Å²) in [6, 6.07) is 13.7. The first-order valence-electron chi connectivity index (χ1n) is 9.75. The van der Waals surface area contributed by atoms with Gasteiger partial charge in [-0.2, -0.15) is 0 Å². The van der Waals surface area contributed by atoms with Gasteiger partial charge in [0.1, 0.15) is 0 Å². The Morgan fingerprint density at radius 2 is 1.93 bits per heavy atom. The summed E-state index contributed by atoms with van der Waals surface area (Å²) in [4.78, 5) is 8.31. The number of aryl methyl sites for hydroxylation is 1. The SMILES string of the molecule is CCNC(=NCc1ccc(S(C)(=O)=O)c(C)c1)NCCc1c[nH]c2ccccc12. The second-order valence-electron chi connectivity index (χ2n) is 7.10. The van der Waals surface area contributed by atoms with Crippen LogP contribution in [0.15, 0.2) is 58.5 Å². The number of aliphatic imine (C=N–C) groups is 1. The second kappa shape index (κ2) is 9.13. The van der Waals surface area contributed by atoms with Crippen LogP contribution in [0, 0.1) is 6.92 Å². The van der Waals surface area contributed by atoms with Gasteiger partial charge in [-0.15, -0.1) is 0 Å². The number of nitrogens with one attached hydrogen (secondary N) is 3. The highest BCUT2D eigenvalue weighted by Gasteiger charge is 2.10. The van der Waals surface area contributed by atoms with Crippen molar-refractivity contribution in [2.24, 2.45) is 4.99 Å². The number of aromatic amines is 1. The molecule has 3 rings (SSSR count). The molecule has 0 bridgehead atoms. The lowest BCUT2D eigenvalue weighted by molar-refractivity contribution is 0.601. The molecule has 3 aromatic rings. The predicted octanol–water partition coefficient (Wildman–Crippen LogP) is 3.18. The van der Waals surface area contributed by atoms with Gasteiger partial charge in [0.15, 0.2) is 15.8 Å². The first-order valence-corrected chi connectivity index (χ1v) is 11.6. The third-order valence-corrected chi connectivity index (χ3v) is 6.02. The summed E-state index contributed by atoms with van der Waals surface area (Å²) in [7, 11) is -3.20. The Morgan fingerprint density at radius 3 is 2.66 bits per heavy atom. The summed E-state index contributed by atoms with van der Waals surface area (Å²) in [5.74, 6) is 0.747. The number of hydrogen-bond donors (Lipinski definition) is 3. The van der Waals surface area contributed by atoms with Gasteiger partial charge in [0.2, 0.25) is 0 Å². The van der Waals surface area contributed by atoms with E-state index in [1.165, 1.54) is 17.2 Å². The van der Waals surface area contributed by atoms with E-state index < -0.39 is 9.84 Å². The van der Waals surface area contributed by atoms with Gasteiger partial charge in [-0.1, -0.05) is 30.3 Å². The zero-order chi connectivity index (χ0) is 20.9. The Bertz CT molecular complexity index is 1120. The normalized spacial score (nSPS) is 12.3. The number of para-hydroxylation sites is 1. The number of sulfone groups is 1. The third-order valence-electron chi connectivity index (χ3n) is 4.76. The molecule has 6 nitrogen and oxygen atoms in total. The summed E-state index contributed by atoms with van der Waals surface area (Å²) in [6.45, 7) is 5.86. The maximum atomic E-state index is 11.8. The largest absolute Gasteiger partial charge is 0.361 e. The van der Waals surface area contributed by atoms with E-state index in [2.05, 4.69) is 45.0 Å². The Morgan fingerprint density at radius 1 is 1.14 bits per heavy atom. The molecule has 2 aromatic carbocycles. The fourth-order valence-electron chi connectivity index (χ4n) is 3.39. The van der Waals surface area contributed by atoms with Crippen LogP contribution in [0.2, 0.25) is 0 Å². The number of H-pyrrole nitrogens is 1. The van der Waals surface area contributed by atoms with Crippen LogP contribution in [0.5, 0.6) is 0 Å². The molecule has 0 aliphatic rings. The number of hydrogen-bond acceptors (Lipinski definition) is 3. The minimum atomic E-state index is -3.20. The van der Waals surface area contributed by atoms with Crippen LogP contribution in [0.25, 0.3) is 10.9 Å². The van der Waals surface area contributed by atoms with Crippen molar-refractivity contribution in [3.05, 3.63) is 65.4 Å². The molecule has 1 heterocycles. The number of guanidine groups is 1. The van der Waals surface area contributed by atoms with Gasteiger partial charge in [-0.05, 0) is 49.1 Å². The molecule has 0 unspecified atom stereocenters. The molecule has 29 heavy (non-hydrogen) atoms. The third kappa shape index (κ3) is 5.38. The summed E-state index contributed by atoms with van der Waals surface area (Å²) in [5, 5.41) is 7.88. The molecule has 0 fully saturated rings. The minimum absolute atomic E-state index is 0.369. The van der Waals surface area contributed by atoms with Crippen LogP contribution in [0.1, 0.15) is 23.6 Å². The predicted molar refractivity (Wildman–Crippen MR) is 119 cm³/mol. The lowest BCUT2D eigenvalue weighted by Gasteiger charge is -2.11.